The van der Waals surface area contributed by atoms with Crippen LogP contribution in [0.15, 0.2) is 42.5 Å². The lowest BCUT2D eigenvalue weighted by atomic mass is 9.75. The van der Waals surface area contributed by atoms with Gasteiger partial charge in [-0.2, -0.15) is 0 Å². The smallest absolute Gasteiger partial charge is 0.220 e. The van der Waals surface area contributed by atoms with Crippen LogP contribution >= 0.6 is 23.2 Å². The summed E-state index contributed by atoms with van der Waals surface area (Å²) in [6.07, 6.45) is 5.12. The van der Waals surface area contributed by atoms with Gasteiger partial charge >= 0.3 is 0 Å². The summed E-state index contributed by atoms with van der Waals surface area (Å²) in [4.78, 5) is 27.0. The minimum atomic E-state index is -0.147. The molecular formula is C27H35Cl2N3O2. The maximum absolute atomic E-state index is 12.5. The summed E-state index contributed by atoms with van der Waals surface area (Å²) in [5, 5.41) is 7.41. The van der Waals surface area contributed by atoms with Crippen molar-refractivity contribution in [2.45, 2.75) is 70.0 Å². The predicted octanol–water partition coefficient (Wildman–Crippen LogP) is 5.30. The molecule has 3 rings (SSSR count). The second-order valence-electron chi connectivity index (χ2n) is 9.58. The summed E-state index contributed by atoms with van der Waals surface area (Å²) >= 11 is 12.4. The molecule has 184 valence electrons. The lowest BCUT2D eigenvalue weighted by molar-refractivity contribution is -0.127. The fraction of sp³-hybridized carbons (Fsp3) is 0.481. The standard InChI is InChI=1S/C27H35Cl2N3O2/c1-19-6-4-9-24(29)23(19)18-30-25(33)10-11-26(34)31-22-12-14-27(15-13-22,32(2)3)17-20-7-5-8-21(28)16-20/h4-9,16,22H,10-15,17-18H2,1-3H3,(H,30,33)(H,31,34). The Bertz CT molecular complexity index is 981. The number of hydrogen-bond acceptors (Lipinski definition) is 3. The van der Waals surface area contributed by atoms with E-state index in [2.05, 4.69) is 35.7 Å². The highest BCUT2D eigenvalue weighted by atomic mass is 35.5. The summed E-state index contributed by atoms with van der Waals surface area (Å²) in [5.74, 6) is -0.215. The normalized spacial score (nSPS) is 20.2. The quantitative estimate of drug-likeness (QED) is 0.487. The first-order valence-electron chi connectivity index (χ1n) is 11.9. The molecule has 1 fully saturated rings. The van der Waals surface area contributed by atoms with E-state index in [0.717, 1.165) is 48.3 Å². The molecule has 0 radical (unpaired) electrons. The third-order valence-corrected chi connectivity index (χ3v) is 7.64. The first-order valence-corrected chi connectivity index (χ1v) is 12.7. The summed E-state index contributed by atoms with van der Waals surface area (Å²) in [7, 11) is 4.26. The van der Waals surface area contributed by atoms with E-state index in [1.54, 1.807) is 0 Å². The van der Waals surface area contributed by atoms with E-state index in [1.807, 2.05) is 43.3 Å². The van der Waals surface area contributed by atoms with E-state index in [-0.39, 0.29) is 36.2 Å². The van der Waals surface area contributed by atoms with Crippen LogP contribution in [-0.2, 0) is 22.6 Å². The summed E-state index contributed by atoms with van der Waals surface area (Å²) in [6.45, 7) is 2.33. The molecule has 1 aliphatic carbocycles. The molecule has 0 aliphatic heterocycles. The third-order valence-electron chi connectivity index (χ3n) is 7.05. The van der Waals surface area contributed by atoms with Gasteiger partial charge in [0.15, 0.2) is 0 Å². The van der Waals surface area contributed by atoms with Crippen LogP contribution < -0.4 is 10.6 Å². The van der Waals surface area contributed by atoms with E-state index in [0.29, 0.717) is 11.6 Å². The molecule has 0 unspecified atom stereocenters. The maximum atomic E-state index is 12.5. The topological polar surface area (TPSA) is 61.4 Å². The SMILES string of the molecule is Cc1cccc(Cl)c1CNC(=O)CCC(=O)NC1CCC(Cc2cccc(Cl)c2)(N(C)C)CC1. The van der Waals surface area contributed by atoms with Gasteiger partial charge < -0.3 is 15.5 Å². The molecule has 1 aliphatic rings. The van der Waals surface area contributed by atoms with Gasteiger partial charge in [0, 0.05) is 41.0 Å². The largest absolute Gasteiger partial charge is 0.353 e. The Morgan fingerprint density at radius 2 is 1.71 bits per heavy atom. The van der Waals surface area contributed by atoms with Crippen molar-refractivity contribution < 1.29 is 9.59 Å². The molecule has 0 atom stereocenters. The van der Waals surface area contributed by atoms with Gasteiger partial charge in [0.25, 0.3) is 0 Å². The van der Waals surface area contributed by atoms with E-state index in [4.69, 9.17) is 23.2 Å². The molecule has 1 saturated carbocycles. The minimum Gasteiger partial charge on any atom is -0.353 e. The van der Waals surface area contributed by atoms with Crippen molar-refractivity contribution in [3.8, 4) is 0 Å². The maximum Gasteiger partial charge on any atom is 0.220 e. The van der Waals surface area contributed by atoms with Crippen LogP contribution in [0.5, 0.6) is 0 Å². The Morgan fingerprint density at radius 3 is 2.35 bits per heavy atom. The van der Waals surface area contributed by atoms with Gasteiger partial charge in [-0.05, 0) is 88.0 Å². The van der Waals surface area contributed by atoms with Crippen molar-refractivity contribution in [3.63, 3.8) is 0 Å². The van der Waals surface area contributed by atoms with Crippen molar-refractivity contribution >= 4 is 35.0 Å². The average molecular weight is 505 g/mol. The number of benzene rings is 2. The first-order chi connectivity index (χ1) is 16.2. The molecule has 7 heteroatoms. The van der Waals surface area contributed by atoms with Crippen molar-refractivity contribution in [3.05, 3.63) is 69.2 Å². The number of likely N-dealkylation sites (N-methyl/N-ethyl adjacent to an activating group) is 1. The number of carbonyl (C=O) groups is 2. The van der Waals surface area contributed by atoms with Crippen molar-refractivity contribution in [2.24, 2.45) is 0 Å². The molecule has 2 aromatic carbocycles. The number of aryl methyl sites for hydroxylation is 1. The van der Waals surface area contributed by atoms with Gasteiger partial charge in [0.05, 0.1) is 0 Å². The zero-order valence-corrected chi connectivity index (χ0v) is 21.8. The molecule has 2 aromatic rings. The molecular weight excluding hydrogens is 469 g/mol. The second kappa shape index (κ2) is 12.1. The number of rotatable bonds is 9. The van der Waals surface area contributed by atoms with E-state index < -0.39 is 0 Å². The molecule has 2 amide bonds. The monoisotopic (exact) mass is 503 g/mol. The van der Waals surface area contributed by atoms with Crippen LogP contribution in [0.25, 0.3) is 0 Å². The Morgan fingerprint density at radius 1 is 1.03 bits per heavy atom. The molecule has 0 saturated heterocycles. The molecule has 0 heterocycles. The van der Waals surface area contributed by atoms with E-state index in [9.17, 15) is 9.59 Å². The van der Waals surface area contributed by atoms with E-state index in [1.165, 1.54) is 5.56 Å². The summed E-state index contributed by atoms with van der Waals surface area (Å²) in [6, 6.07) is 13.9. The fourth-order valence-electron chi connectivity index (χ4n) is 4.80. The first kappa shape index (κ1) is 26.5. The Labute approximate surface area is 213 Å². The van der Waals surface area contributed by atoms with Crippen molar-refractivity contribution in [1.29, 1.82) is 0 Å². The zero-order valence-electron chi connectivity index (χ0n) is 20.3. The van der Waals surface area contributed by atoms with Gasteiger partial charge in [0.2, 0.25) is 11.8 Å². The van der Waals surface area contributed by atoms with E-state index >= 15 is 0 Å². The number of carbonyl (C=O) groups excluding carboxylic acids is 2. The van der Waals surface area contributed by atoms with Gasteiger partial charge in [-0.15, -0.1) is 0 Å². The number of hydrogen-bond donors (Lipinski definition) is 2. The number of nitrogens with zero attached hydrogens (tertiary/aromatic N) is 1. The highest BCUT2D eigenvalue weighted by molar-refractivity contribution is 6.31. The van der Waals surface area contributed by atoms with Crippen molar-refractivity contribution in [1.82, 2.24) is 15.5 Å². The molecule has 0 aromatic heterocycles. The van der Waals surface area contributed by atoms with Crippen molar-refractivity contribution in [2.75, 3.05) is 14.1 Å². The average Bonchev–Trinajstić information content (AvgIpc) is 2.78. The van der Waals surface area contributed by atoms with Crippen LogP contribution in [0.1, 0.15) is 55.2 Å². The Kier molecular flexibility index (Phi) is 9.40. The second-order valence-corrected chi connectivity index (χ2v) is 10.4. The Balaban J connectivity index is 1.43. The van der Waals surface area contributed by atoms with Gasteiger partial charge in [-0.25, -0.2) is 0 Å². The molecule has 5 nitrogen and oxygen atoms in total. The number of amides is 2. The third kappa shape index (κ3) is 7.21. The highest BCUT2D eigenvalue weighted by Crippen LogP contribution is 2.36. The summed E-state index contributed by atoms with van der Waals surface area (Å²) < 4.78 is 0. The van der Waals surface area contributed by atoms with Gasteiger partial charge in [-0.3, -0.25) is 9.59 Å². The molecule has 0 bridgehead atoms. The summed E-state index contributed by atoms with van der Waals surface area (Å²) in [5.41, 5.74) is 3.24. The molecule has 34 heavy (non-hydrogen) atoms. The highest BCUT2D eigenvalue weighted by Gasteiger charge is 2.37. The van der Waals surface area contributed by atoms with Crippen LogP contribution in [0.3, 0.4) is 0 Å². The number of nitrogens with one attached hydrogen (secondary N) is 2. The van der Waals surface area contributed by atoms with Crippen LogP contribution in [-0.4, -0.2) is 42.4 Å². The Hall–Kier alpha value is -2.08. The lowest BCUT2D eigenvalue weighted by Crippen LogP contribution is -2.52. The van der Waals surface area contributed by atoms with Crippen LogP contribution in [0.2, 0.25) is 10.0 Å². The van der Waals surface area contributed by atoms with Crippen LogP contribution in [0.4, 0.5) is 0 Å². The molecule has 0 spiro atoms. The van der Waals surface area contributed by atoms with Gasteiger partial charge in [-0.1, -0.05) is 47.5 Å². The predicted molar refractivity (Wildman–Crippen MR) is 139 cm³/mol. The zero-order chi connectivity index (χ0) is 24.7. The van der Waals surface area contributed by atoms with Crippen LogP contribution in [0, 0.1) is 6.92 Å². The molecule has 2 N–H and O–H groups in total. The van der Waals surface area contributed by atoms with Gasteiger partial charge in [0.1, 0.15) is 0 Å². The lowest BCUT2D eigenvalue weighted by Gasteiger charge is -2.45. The minimum absolute atomic E-state index is 0.0582. The number of halogens is 2. The fourth-order valence-corrected chi connectivity index (χ4v) is 5.30.